The van der Waals surface area contributed by atoms with Crippen LogP contribution in [0, 0.1) is 6.92 Å². The van der Waals surface area contributed by atoms with E-state index < -0.39 is 11.8 Å². The quantitative estimate of drug-likeness (QED) is 0.323. The zero-order valence-corrected chi connectivity index (χ0v) is 22.4. The van der Waals surface area contributed by atoms with E-state index in [9.17, 15) is 9.59 Å². The van der Waals surface area contributed by atoms with E-state index >= 15 is 0 Å². The molecule has 0 aliphatic rings. The molecule has 3 rings (SSSR count). The first kappa shape index (κ1) is 24.0. The third kappa shape index (κ3) is 6.44. The van der Waals surface area contributed by atoms with Crippen molar-refractivity contribution in [1.29, 1.82) is 0 Å². The number of amides is 2. The number of fused-ring (bicyclic) bond motifs is 1. The summed E-state index contributed by atoms with van der Waals surface area (Å²) in [6.07, 6.45) is 0. The zero-order chi connectivity index (χ0) is 22.5. The van der Waals surface area contributed by atoms with Crippen LogP contribution in [-0.4, -0.2) is 25.0 Å². The van der Waals surface area contributed by atoms with Gasteiger partial charge < -0.3 is 9.47 Å². The van der Waals surface area contributed by atoms with Crippen molar-refractivity contribution in [2.45, 2.75) is 6.92 Å². The van der Waals surface area contributed by atoms with Crippen molar-refractivity contribution in [2.24, 2.45) is 0 Å². The average molecular weight is 680 g/mol. The van der Waals surface area contributed by atoms with Crippen LogP contribution in [0.15, 0.2) is 60.4 Å². The fourth-order valence-electron chi connectivity index (χ4n) is 2.72. The summed E-state index contributed by atoms with van der Waals surface area (Å²) in [5.41, 5.74) is 5.47. The van der Waals surface area contributed by atoms with Crippen LogP contribution < -0.4 is 20.3 Å². The van der Waals surface area contributed by atoms with Crippen LogP contribution in [0.4, 0.5) is 0 Å². The Labute approximate surface area is 212 Å². The van der Waals surface area contributed by atoms with Crippen molar-refractivity contribution in [3.8, 4) is 11.5 Å². The molecule has 0 heterocycles. The fraction of sp³-hybridized carbons (Fsp3) is 0.143. The molecule has 31 heavy (non-hydrogen) atoms. The lowest BCUT2D eigenvalue weighted by atomic mass is 10.1. The Balaban J connectivity index is 1.48. The lowest BCUT2D eigenvalue weighted by Gasteiger charge is -2.13. The van der Waals surface area contributed by atoms with Crippen molar-refractivity contribution in [1.82, 2.24) is 10.9 Å². The average Bonchev–Trinajstić information content (AvgIpc) is 2.70. The second-order valence-corrected chi connectivity index (χ2v) is 9.93. The predicted molar refractivity (Wildman–Crippen MR) is 133 cm³/mol. The van der Waals surface area contributed by atoms with Crippen LogP contribution in [0.25, 0.3) is 10.8 Å². The van der Waals surface area contributed by atoms with Gasteiger partial charge in [0.2, 0.25) is 0 Å². The van der Waals surface area contributed by atoms with Gasteiger partial charge in [-0.25, -0.2) is 0 Å². The van der Waals surface area contributed by atoms with Gasteiger partial charge in [0.05, 0.1) is 8.95 Å². The van der Waals surface area contributed by atoms with E-state index in [1.165, 1.54) is 0 Å². The summed E-state index contributed by atoms with van der Waals surface area (Å²) in [6, 6.07) is 13.2. The maximum Gasteiger partial charge on any atom is 0.276 e. The van der Waals surface area contributed by atoms with Crippen LogP contribution >= 0.6 is 63.7 Å². The van der Waals surface area contributed by atoms with Gasteiger partial charge in [0.25, 0.3) is 11.8 Å². The summed E-state index contributed by atoms with van der Waals surface area (Å²) in [4.78, 5) is 24.0. The number of nitrogens with one attached hydrogen (secondary N) is 2. The first-order valence-corrected chi connectivity index (χ1v) is 12.1. The molecule has 0 bridgehead atoms. The standard InChI is InChI=1S/C21H16Br4N2O4/c1-11-6-14(23)8-16(24)21(11)31-10-19(29)27-26-18(28)9-30-17-5-2-12-7-13(22)3-4-15(12)20(17)25/h2-8H,9-10H2,1H3,(H,26,28)(H,27,29). The van der Waals surface area contributed by atoms with E-state index in [0.717, 1.165) is 34.2 Å². The maximum absolute atomic E-state index is 12.0. The SMILES string of the molecule is Cc1cc(Br)cc(Br)c1OCC(=O)NNC(=O)COc1ccc2cc(Br)ccc2c1Br. The van der Waals surface area contributed by atoms with Crippen LogP contribution in [-0.2, 0) is 9.59 Å². The maximum atomic E-state index is 12.0. The van der Waals surface area contributed by atoms with Crippen molar-refractivity contribution in [3.05, 3.63) is 65.9 Å². The minimum atomic E-state index is -0.503. The van der Waals surface area contributed by atoms with Gasteiger partial charge in [0, 0.05) is 8.95 Å². The number of aryl methyl sites for hydroxylation is 1. The molecule has 0 atom stereocenters. The summed E-state index contributed by atoms with van der Waals surface area (Å²) in [5, 5.41) is 1.99. The molecular formula is C21H16Br4N2O4. The van der Waals surface area contributed by atoms with Gasteiger partial charge in [-0.15, -0.1) is 0 Å². The smallest absolute Gasteiger partial charge is 0.276 e. The summed E-state index contributed by atoms with van der Waals surface area (Å²) in [6.45, 7) is 1.35. The Morgan fingerprint density at radius 2 is 1.52 bits per heavy atom. The number of hydrazine groups is 1. The minimum Gasteiger partial charge on any atom is -0.483 e. The molecule has 2 amide bonds. The highest BCUT2D eigenvalue weighted by atomic mass is 79.9. The Kier molecular flexibility index (Phi) is 8.37. The van der Waals surface area contributed by atoms with Crippen molar-refractivity contribution in [2.75, 3.05) is 13.2 Å². The Bertz CT molecular complexity index is 1130. The van der Waals surface area contributed by atoms with E-state index in [-0.39, 0.29) is 13.2 Å². The number of rotatable bonds is 6. The van der Waals surface area contributed by atoms with Crippen LogP contribution in [0.5, 0.6) is 11.5 Å². The molecule has 3 aromatic carbocycles. The van der Waals surface area contributed by atoms with Gasteiger partial charge in [-0.3, -0.25) is 20.4 Å². The van der Waals surface area contributed by atoms with Gasteiger partial charge in [0.15, 0.2) is 13.2 Å². The molecule has 10 heteroatoms. The number of carbonyl (C=O) groups is 2. The van der Waals surface area contributed by atoms with E-state index in [1.807, 2.05) is 43.3 Å². The van der Waals surface area contributed by atoms with Crippen LogP contribution in [0.1, 0.15) is 5.56 Å². The molecule has 3 aromatic rings. The minimum absolute atomic E-state index is 0.256. The predicted octanol–water partition coefficient (Wildman–Crippen LogP) is 5.80. The molecule has 6 nitrogen and oxygen atoms in total. The Morgan fingerprint density at radius 3 is 2.19 bits per heavy atom. The van der Waals surface area contributed by atoms with Crippen LogP contribution in [0.3, 0.4) is 0 Å². The molecule has 0 saturated carbocycles. The topological polar surface area (TPSA) is 76.7 Å². The molecule has 0 saturated heterocycles. The fourth-order valence-corrected chi connectivity index (χ4v) is 5.26. The third-order valence-electron chi connectivity index (χ3n) is 4.12. The van der Waals surface area contributed by atoms with E-state index in [0.29, 0.717) is 11.5 Å². The number of hydrogen-bond donors (Lipinski definition) is 2. The largest absolute Gasteiger partial charge is 0.483 e. The highest BCUT2D eigenvalue weighted by Gasteiger charge is 2.12. The van der Waals surface area contributed by atoms with E-state index in [4.69, 9.17) is 9.47 Å². The monoisotopic (exact) mass is 676 g/mol. The first-order valence-electron chi connectivity index (χ1n) is 8.91. The first-order chi connectivity index (χ1) is 14.7. The summed E-state index contributed by atoms with van der Waals surface area (Å²) < 4.78 is 14.5. The number of carbonyl (C=O) groups excluding carboxylic acids is 2. The molecule has 2 N–H and O–H groups in total. The molecule has 0 fully saturated rings. The molecule has 0 radical (unpaired) electrons. The Hall–Kier alpha value is -1.62. The number of benzene rings is 3. The lowest BCUT2D eigenvalue weighted by Crippen LogP contribution is -2.45. The summed E-state index contributed by atoms with van der Waals surface area (Å²) in [7, 11) is 0. The van der Waals surface area contributed by atoms with Gasteiger partial charge >= 0.3 is 0 Å². The van der Waals surface area contributed by atoms with Crippen molar-refractivity contribution >= 4 is 86.3 Å². The van der Waals surface area contributed by atoms with Gasteiger partial charge in [-0.1, -0.05) is 44.0 Å². The summed E-state index contributed by atoms with van der Waals surface area (Å²) in [5.74, 6) is 0.0774. The third-order valence-corrected chi connectivity index (χ3v) is 6.48. The number of hydrogen-bond acceptors (Lipinski definition) is 4. The normalized spacial score (nSPS) is 10.6. The molecule has 0 aromatic heterocycles. The second-order valence-electron chi connectivity index (χ2n) is 6.45. The van der Waals surface area contributed by atoms with Gasteiger partial charge in [-0.2, -0.15) is 0 Å². The summed E-state index contributed by atoms with van der Waals surface area (Å²) >= 11 is 13.7. The number of ether oxygens (including phenoxy) is 2. The van der Waals surface area contributed by atoms with Crippen LogP contribution in [0.2, 0.25) is 0 Å². The highest BCUT2D eigenvalue weighted by molar-refractivity contribution is 9.11. The Morgan fingerprint density at radius 1 is 0.839 bits per heavy atom. The molecule has 0 aliphatic heterocycles. The van der Waals surface area contributed by atoms with E-state index in [1.54, 1.807) is 6.07 Å². The lowest BCUT2D eigenvalue weighted by molar-refractivity contribution is -0.131. The molecule has 0 unspecified atom stereocenters. The molecular weight excluding hydrogens is 664 g/mol. The van der Waals surface area contributed by atoms with Crippen molar-refractivity contribution in [3.63, 3.8) is 0 Å². The number of halogens is 4. The zero-order valence-electron chi connectivity index (χ0n) is 16.1. The second kappa shape index (κ2) is 10.8. The molecule has 0 aliphatic carbocycles. The van der Waals surface area contributed by atoms with Crippen molar-refractivity contribution < 1.29 is 19.1 Å². The molecule has 0 spiro atoms. The highest BCUT2D eigenvalue weighted by Crippen LogP contribution is 2.34. The van der Waals surface area contributed by atoms with E-state index in [2.05, 4.69) is 74.6 Å². The molecule has 162 valence electrons. The van der Waals surface area contributed by atoms with Gasteiger partial charge in [0.1, 0.15) is 11.5 Å². The van der Waals surface area contributed by atoms with Gasteiger partial charge in [-0.05, 0) is 85.5 Å².